The second-order valence-electron chi connectivity index (χ2n) is 6.00. The zero-order valence-electron chi connectivity index (χ0n) is 14.7. The molecule has 0 radical (unpaired) electrons. The fraction of sp³-hybridized carbons (Fsp3) is 0.222. The Kier molecular flexibility index (Phi) is 5.16. The van der Waals surface area contributed by atoms with Gasteiger partial charge >= 0.3 is 18.2 Å². The van der Waals surface area contributed by atoms with Gasteiger partial charge in [-0.3, -0.25) is 4.90 Å². The highest BCUT2D eigenvalue weighted by atomic mass is 32.2. The van der Waals surface area contributed by atoms with Gasteiger partial charge in [0.1, 0.15) is 5.75 Å². The molecule has 3 rings (SSSR count). The molecule has 28 heavy (non-hydrogen) atoms. The smallest absolute Gasteiger partial charge is 0.416 e. The summed E-state index contributed by atoms with van der Waals surface area (Å²) in [6.45, 7) is 1.39. The summed E-state index contributed by atoms with van der Waals surface area (Å²) < 4.78 is 44.8. The molecule has 0 aromatic heterocycles. The number of benzene rings is 2. The second-order valence-corrected chi connectivity index (χ2v) is 6.99. The Hall–Kier alpha value is -2.88. The van der Waals surface area contributed by atoms with Crippen LogP contribution in [0.1, 0.15) is 12.5 Å². The van der Waals surface area contributed by atoms with Crippen molar-refractivity contribution in [3.8, 4) is 5.75 Å². The molecule has 2 aromatic rings. The van der Waals surface area contributed by atoms with E-state index in [-0.39, 0.29) is 5.75 Å². The summed E-state index contributed by atoms with van der Waals surface area (Å²) >= 11 is 1.06. The van der Waals surface area contributed by atoms with E-state index in [1.165, 1.54) is 35.3 Å². The molecule has 0 bridgehead atoms. The lowest BCUT2D eigenvalue weighted by molar-refractivity contribution is -0.144. The van der Waals surface area contributed by atoms with Crippen LogP contribution in [0.15, 0.2) is 47.4 Å². The molecule has 0 saturated heterocycles. The van der Waals surface area contributed by atoms with Crippen LogP contribution < -0.4 is 13.9 Å². The number of halogens is 3. The maximum absolute atomic E-state index is 12.7. The Balaban J connectivity index is 1.87. The highest BCUT2D eigenvalue weighted by Crippen LogP contribution is 2.43. The van der Waals surface area contributed by atoms with Crippen LogP contribution >= 0.6 is 11.9 Å². The molecule has 6 nitrogen and oxygen atoms in total. The van der Waals surface area contributed by atoms with E-state index < -0.39 is 29.8 Å². The first kappa shape index (κ1) is 19.9. The number of hydrogen-bond acceptors (Lipinski definition) is 4. The molecule has 1 heterocycles. The van der Waals surface area contributed by atoms with Crippen LogP contribution in [0.25, 0.3) is 0 Å². The molecule has 1 N–H and O–H groups in total. The number of amides is 2. The largest absolute Gasteiger partial charge is 0.479 e. The van der Waals surface area contributed by atoms with E-state index in [0.29, 0.717) is 16.3 Å². The van der Waals surface area contributed by atoms with E-state index >= 15 is 0 Å². The molecule has 0 saturated carbocycles. The minimum absolute atomic E-state index is 0.289. The van der Waals surface area contributed by atoms with E-state index in [4.69, 9.17) is 9.84 Å². The molecule has 0 fully saturated rings. The summed E-state index contributed by atoms with van der Waals surface area (Å²) in [5.41, 5.74) is 0.0161. The van der Waals surface area contributed by atoms with Crippen LogP contribution in [0.2, 0.25) is 0 Å². The summed E-state index contributed by atoms with van der Waals surface area (Å²) in [5, 5.41) is 8.94. The highest BCUT2D eigenvalue weighted by Gasteiger charge is 2.33. The van der Waals surface area contributed by atoms with Crippen LogP contribution in [0, 0.1) is 0 Å². The van der Waals surface area contributed by atoms with Crippen molar-refractivity contribution in [2.45, 2.75) is 24.1 Å². The SMILES string of the molecule is C[C@@H](Oc1ccc2c(c1)N(C)C(=O)N(c1ccc(C(F)(F)F)cc1)S2)C(=O)O. The van der Waals surface area contributed by atoms with Crippen molar-refractivity contribution in [2.24, 2.45) is 0 Å². The van der Waals surface area contributed by atoms with Gasteiger partial charge in [-0.15, -0.1) is 0 Å². The predicted molar refractivity (Wildman–Crippen MR) is 97.7 cm³/mol. The zero-order valence-corrected chi connectivity index (χ0v) is 15.5. The number of ether oxygens (including phenoxy) is 1. The monoisotopic (exact) mass is 412 g/mol. The van der Waals surface area contributed by atoms with Gasteiger partial charge in [0.15, 0.2) is 6.10 Å². The molecule has 0 unspecified atom stereocenters. The first-order valence-electron chi connectivity index (χ1n) is 8.04. The number of aliphatic carboxylic acids is 1. The second kappa shape index (κ2) is 7.27. The Morgan fingerprint density at radius 2 is 1.82 bits per heavy atom. The van der Waals surface area contributed by atoms with Crippen molar-refractivity contribution < 1.29 is 32.6 Å². The van der Waals surface area contributed by atoms with Crippen molar-refractivity contribution in [1.82, 2.24) is 0 Å². The average molecular weight is 412 g/mol. The van der Waals surface area contributed by atoms with Gasteiger partial charge < -0.3 is 9.84 Å². The highest BCUT2D eigenvalue weighted by molar-refractivity contribution is 8.01. The fourth-order valence-electron chi connectivity index (χ4n) is 2.49. The molecular weight excluding hydrogens is 397 g/mol. The van der Waals surface area contributed by atoms with Crippen molar-refractivity contribution in [3.63, 3.8) is 0 Å². The number of alkyl halides is 3. The Bertz CT molecular complexity index is 918. The Labute approximate surface area is 162 Å². The van der Waals surface area contributed by atoms with E-state index in [9.17, 15) is 22.8 Å². The number of carboxylic acid groups (broad SMARTS) is 1. The van der Waals surface area contributed by atoms with Gasteiger partial charge in [-0.05, 0) is 55.3 Å². The average Bonchev–Trinajstić information content (AvgIpc) is 2.64. The van der Waals surface area contributed by atoms with E-state index in [1.54, 1.807) is 18.2 Å². The molecule has 1 aliphatic heterocycles. The lowest BCUT2D eigenvalue weighted by atomic mass is 10.2. The Morgan fingerprint density at radius 1 is 1.18 bits per heavy atom. The van der Waals surface area contributed by atoms with Crippen molar-refractivity contribution in [2.75, 3.05) is 16.3 Å². The number of fused-ring (bicyclic) bond motifs is 1. The number of rotatable bonds is 4. The third kappa shape index (κ3) is 3.86. The van der Waals surface area contributed by atoms with Crippen LogP contribution in [0.4, 0.5) is 29.3 Å². The van der Waals surface area contributed by atoms with Crippen LogP contribution in [-0.2, 0) is 11.0 Å². The van der Waals surface area contributed by atoms with Crippen molar-refractivity contribution >= 4 is 35.3 Å². The van der Waals surface area contributed by atoms with Crippen LogP contribution in [0.3, 0.4) is 0 Å². The first-order chi connectivity index (χ1) is 13.1. The summed E-state index contributed by atoms with van der Waals surface area (Å²) in [7, 11) is 1.52. The predicted octanol–water partition coefficient (Wildman–Crippen LogP) is 4.64. The number of urea groups is 1. The lowest BCUT2D eigenvalue weighted by Gasteiger charge is -2.34. The third-order valence-electron chi connectivity index (χ3n) is 4.03. The quantitative estimate of drug-likeness (QED) is 0.741. The molecule has 1 aliphatic rings. The van der Waals surface area contributed by atoms with Crippen molar-refractivity contribution in [3.05, 3.63) is 48.0 Å². The number of anilines is 2. The summed E-state index contributed by atoms with van der Waals surface area (Å²) in [4.78, 5) is 25.6. The number of hydrogen-bond donors (Lipinski definition) is 1. The van der Waals surface area contributed by atoms with Crippen LogP contribution in [-0.4, -0.2) is 30.3 Å². The molecule has 2 aromatic carbocycles. The first-order valence-corrected chi connectivity index (χ1v) is 8.82. The normalized spacial score (nSPS) is 15.2. The molecule has 10 heteroatoms. The van der Waals surface area contributed by atoms with Gasteiger partial charge in [0.05, 0.1) is 21.8 Å². The lowest BCUT2D eigenvalue weighted by Crippen LogP contribution is -2.40. The van der Waals surface area contributed by atoms with Gasteiger partial charge in [0.25, 0.3) is 0 Å². The van der Waals surface area contributed by atoms with Gasteiger partial charge in [0.2, 0.25) is 0 Å². The van der Waals surface area contributed by atoms with Crippen LogP contribution in [0.5, 0.6) is 5.75 Å². The molecule has 148 valence electrons. The van der Waals surface area contributed by atoms with Gasteiger partial charge in [-0.25, -0.2) is 13.9 Å². The van der Waals surface area contributed by atoms with E-state index in [1.807, 2.05) is 0 Å². The number of carboxylic acids is 1. The van der Waals surface area contributed by atoms with Gasteiger partial charge in [0, 0.05) is 13.1 Å². The minimum Gasteiger partial charge on any atom is -0.479 e. The van der Waals surface area contributed by atoms with Gasteiger partial charge in [-0.1, -0.05) is 0 Å². The summed E-state index contributed by atoms with van der Waals surface area (Å²) in [6, 6.07) is 8.62. The van der Waals surface area contributed by atoms with Gasteiger partial charge in [-0.2, -0.15) is 13.2 Å². The number of carbonyl (C=O) groups is 2. The molecule has 1 atom stereocenters. The maximum Gasteiger partial charge on any atom is 0.416 e. The fourth-order valence-corrected chi connectivity index (χ4v) is 3.53. The maximum atomic E-state index is 12.7. The third-order valence-corrected chi connectivity index (χ3v) is 5.12. The molecular formula is C18H15F3N2O4S. The molecule has 0 aliphatic carbocycles. The zero-order chi connectivity index (χ0) is 20.6. The number of carbonyl (C=O) groups excluding carboxylic acids is 1. The van der Waals surface area contributed by atoms with E-state index in [2.05, 4.69) is 0 Å². The number of nitrogens with zero attached hydrogens (tertiary/aromatic N) is 2. The minimum atomic E-state index is -4.45. The Morgan fingerprint density at radius 3 is 2.39 bits per heavy atom. The van der Waals surface area contributed by atoms with Crippen molar-refractivity contribution in [1.29, 1.82) is 0 Å². The molecule has 0 spiro atoms. The summed E-state index contributed by atoms with van der Waals surface area (Å²) in [5.74, 6) is -0.832. The standard InChI is InChI=1S/C18H15F3N2O4S/c1-10(16(24)25)27-13-7-8-15-14(9-13)22(2)17(26)23(28-15)12-5-3-11(4-6-12)18(19,20)21/h3-10H,1-2H3,(H,24,25)/t10-/m1/s1. The van der Waals surface area contributed by atoms with E-state index in [0.717, 1.165) is 24.1 Å². The molecule has 2 amide bonds. The topological polar surface area (TPSA) is 70.1 Å². The summed E-state index contributed by atoms with van der Waals surface area (Å²) in [6.07, 6.45) is -5.51.